The van der Waals surface area contributed by atoms with E-state index in [-0.39, 0.29) is 0 Å². The van der Waals surface area contributed by atoms with Crippen LogP contribution in [0.1, 0.15) is 0 Å². The molecular weight excluding hydrogens is 827 g/mol. The second-order valence-electron chi connectivity index (χ2n) is 17.2. The van der Waals surface area contributed by atoms with Gasteiger partial charge in [-0.2, -0.15) is 20.0 Å². The molecule has 0 unspecified atom stereocenters. The number of fused-ring (bicyclic) bond motifs is 9. The second-order valence-corrected chi connectivity index (χ2v) is 20.8. The second kappa shape index (κ2) is 14.9. The molecule has 0 radical (unpaired) electrons. The van der Waals surface area contributed by atoms with E-state index in [2.05, 4.69) is 186 Å². The number of anilines is 3. The molecule has 0 saturated carbocycles. The molecule has 7 heteroatoms. The number of benzene rings is 9. The third kappa shape index (κ3) is 6.01. The topological polar surface area (TPSA) is 60.0 Å². The van der Waals surface area contributed by atoms with Crippen LogP contribution in [-0.4, -0.2) is 32.0 Å². The van der Waals surface area contributed by atoms with Crippen molar-refractivity contribution in [3.8, 4) is 51.0 Å². The van der Waals surface area contributed by atoms with Crippen LogP contribution in [0.3, 0.4) is 0 Å². The SMILES string of the molecule is CS1(C)c2ccccc2-c2cc3c4cc(N(c5ccc(-c6ccccc6)cc5)c5cccc6c5oc5ccccc56)ccc4n(-c4nc(-c5ccccc5)nc(-c5ccccc5)n4)c3cc21. The minimum Gasteiger partial charge on any atom is -0.454 e. The molecule has 6 nitrogen and oxygen atoms in total. The number of para-hydroxylation sites is 2. The molecule has 9 aromatic carbocycles. The Balaban J connectivity index is 1.09. The van der Waals surface area contributed by atoms with Gasteiger partial charge in [0.1, 0.15) is 5.58 Å². The predicted molar refractivity (Wildman–Crippen MR) is 274 cm³/mol. The van der Waals surface area contributed by atoms with Crippen molar-refractivity contribution < 1.29 is 4.42 Å². The van der Waals surface area contributed by atoms with E-state index in [4.69, 9.17) is 19.4 Å². The van der Waals surface area contributed by atoms with E-state index in [9.17, 15) is 0 Å². The summed E-state index contributed by atoms with van der Waals surface area (Å²) in [6.45, 7) is 0. The molecule has 66 heavy (non-hydrogen) atoms. The zero-order valence-electron chi connectivity index (χ0n) is 36.3. The fraction of sp³-hybridized carbons (Fsp3) is 0.0339. The van der Waals surface area contributed by atoms with Crippen LogP contribution in [0.2, 0.25) is 0 Å². The Labute approximate surface area is 383 Å². The number of nitrogens with zero attached hydrogens (tertiary/aromatic N) is 5. The Bertz CT molecular complexity index is 3780. The number of aromatic nitrogens is 4. The molecule has 1 aliphatic heterocycles. The molecule has 13 rings (SSSR count). The van der Waals surface area contributed by atoms with Gasteiger partial charge in [0.25, 0.3) is 0 Å². The molecule has 0 fully saturated rings. The van der Waals surface area contributed by atoms with Gasteiger partial charge >= 0.3 is 0 Å². The number of hydrogen-bond acceptors (Lipinski definition) is 5. The van der Waals surface area contributed by atoms with Crippen LogP contribution < -0.4 is 4.90 Å². The molecule has 12 aromatic rings. The van der Waals surface area contributed by atoms with Crippen LogP contribution >= 0.6 is 10.0 Å². The molecule has 314 valence electrons. The van der Waals surface area contributed by atoms with E-state index in [1.54, 1.807) is 0 Å². The van der Waals surface area contributed by atoms with Crippen molar-refractivity contribution >= 4 is 70.8 Å². The van der Waals surface area contributed by atoms with Gasteiger partial charge in [-0.25, -0.2) is 4.98 Å². The molecule has 0 N–H and O–H groups in total. The molecule has 0 bridgehead atoms. The fourth-order valence-electron chi connectivity index (χ4n) is 9.94. The van der Waals surface area contributed by atoms with Gasteiger partial charge in [0, 0.05) is 53.8 Å². The Hall–Kier alpha value is -8.26. The standard InChI is InChI=1S/C59H41N5OS/c1-66(2)54-28-15-13-24-45(54)49-36-48-47-35-43(63(42-31-29-39(30-32-42)38-17-6-3-7-18-38)51-26-16-25-46-44-23-12-14-27-53(44)65-56(46)51)33-34-50(47)64(52(48)37-55(49)66)59-61-57(40-19-8-4-9-20-40)60-58(62-59)41-21-10-5-11-22-41/h3-37H,1-2H3. The van der Waals surface area contributed by atoms with Gasteiger partial charge in [-0.3, -0.25) is 4.57 Å². The van der Waals surface area contributed by atoms with Gasteiger partial charge in [0.15, 0.2) is 17.2 Å². The molecule has 3 aromatic heterocycles. The molecular formula is C59H41N5OS. The van der Waals surface area contributed by atoms with Crippen molar-refractivity contribution in [1.82, 2.24) is 19.5 Å². The van der Waals surface area contributed by atoms with Gasteiger partial charge in [-0.05, 0) is 95.4 Å². The summed E-state index contributed by atoms with van der Waals surface area (Å²) < 4.78 is 9.01. The van der Waals surface area contributed by atoms with E-state index >= 15 is 0 Å². The molecule has 0 atom stereocenters. The summed E-state index contributed by atoms with van der Waals surface area (Å²) >= 11 is 0. The lowest BCUT2D eigenvalue weighted by Gasteiger charge is -2.28. The highest BCUT2D eigenvalue weighted by molar-refractivity contribution is 8.33. The molecule has 0 spiro atoms. The largest absolute Gasteiger partial charge is 0.454 e. The van der Waals surface area contributed by atoms with Crippen molar-refractivity contribution in [3.63, 3.8) is 0 Å². The van der Waals surface area contributed by atoms with Gasteiger partial charge in [-0.15, -0.1) is 0 Å². The van der Waals surface area contributed by atoms with Crippen LogP contribution in [0.15, 0.2) is 227 Å². The van der Waals surface area contributed by atoms with E-state index in [0.29, 0.717) is 17.6 Å². The average molecular weight is 868 g/mol. The lowest BCUT2D eigenvalue weighted by molar-refractivity contribution is 0.669. The Kier molecular flexibility index (Phi) is 8.63. The summed E-state index contributed by atoms with van der Waals surface area (Å²) in [6.07, 6.45) is 4.83. The third-order valence-electron chi connectivity index (χ3n) is 13.1. The Morgan fingerprint density at radius 1 is 0.424 bits per heavy atom. The van der Waals surface area contributed by atoms with E-state index in [1.165, 1.54) is 26.5 Å². The highest BCUT2D eigenvalue weighted by Gasteiger charge is 2.33. The maximum absolute atomic E-state index is 6.75. The van der Waals surface area contributed by atoms with Crippen molar-refractivity contribution in [2.24, 2.45) is 0 Å². The molecule has 1 aliphatic rings. The minimum absolute atomic E-state index is 0.569. The lowest BCUT2D eigenvalue weighted by Crippen LogP contribution is -2.10. The van der Waals surface area contributed by atoms with Crippen LogP contribution in [0.25, 0.3) is 94.7 Å². The summed E-state index contributed by atoms with van der Waals surface area (Å²) in [6, 6.07) is 75.1. The van der Waals surface area contributed by atoms with Gasteiger partial charge in [0.2, 0.25) is 5.95 Å². The number of rotatable bonds is 7. The normalized spacial score (nSPS) is 13.3. The maximum atomic E-state index is 6.75. The summed E-state index contributed by atoms with van der Waals surface area (Å²) in [5.41, 5.74) is 13.5. The van der Waals surface area contributed by atoms with Crippen LogP contribution in [0.4, 0.5) is 17.1 Å². The van der Waals surface area contributed by atoms with Crippen molar-refractivity contribution in [2.45, 2.75) is 9.79 Å². The molecule has 0 saturated heterocycles. The molecule has 4 heterocycles. The third-order valence-corrected chi connectivity index (χ3v) is 16.0. The average Bonchev–Trinajstić information content (AvgIpc) is 3.99. The zero-order valence-corrected chi connectivity index (χ0v) is 37.1. The van der Waals surface area contributed by atoms with Gasteiger partial charge < -0.3 is 9.32 Å². The summed E-state index contributed by atoms with van der Waals surface area (Å²) in [7, 11) is -1.33. The van der Waals surface area contributed by atoms with Crippen LogP contribution in [0.5, 0.6) is 0 Å². The fourth-order valence-corrected chi connectivity index (χ4v) is 12.4. The predicted octanol–water partition coefficient (Wildman–Crippen LogP) is 15.8. The number of hydrogen-bond donors (Lipinski definition) is 0. The zero-order chi connectivity index (χ0) is 43.9. The van der Waals surface area contributed by atoms with Crippen molar-refractivity contribution in [2.75, 3.05) is 17.4 Å². The summed E-state index contributed by atoms with van der Waals surface area (Å²) in [5, 5.41) is 4.38. The van der Waals surface area contributed by atoms with E-state index < -0.39 is 10.0 Å². The highest BCUT2D eigenvalue weighted by Crippen LogP contribution is 2.68. The highest BCUT2D eigenvalue weighted by atomic mass is 32.3. The quantitative estimate of drug-likeness (QED) is 0.160. The Morgan fingerprint density at radius 3 is 1.74 bits per heavy atom. The smallest absolute Gasteiger partial charge is 0.238 e. The van der Waals surface area contributed by atoms with E-state index in [0.717, 1.165) is 77.5 Å². The first-order valence-electron chi connectivity index (χ1n) is 22.2. The molecule has 0 aliphatic carbocycles. The van der Waals surface area contributed by atoms with Crippen molar-refractivity contribution in [3.05, 3.63) is 212 Å². The maximum Gasteiger partial charge on any atom is 0.238 e. The first-order valence-corrected chi connectivity index (χ1v) is 24.6. The first kappa shape index (κ1) is 38.2. The lowest BCUT2D eigenvalue weighted by atomic mass is 10.0. The minimum atomic E-state index is -1.33. The first-order chi connectivity index (χ1) is 32.5. The van der Waals surface area contributed by atoms with Gasteiger partial charge in [-0.1, -0.05) is 152 Å². The summed E-state index contributed by atoms with van der Waals surface area (Å²) in [4.78, 5) is 20.8. The van der Waals surface area contributed by atoms with Crippen molar-refractivity contribution in [1.29, 1.82) is 0 Å². The monoisotopic (exact) mass is 867 g/mol. The Morgan fingerprint density at radius 2 is 1.02 bits per heavy atom. The van der Waals surface area contributed by atoms with Gasteiger partial charge in [0.05, 0.1) is 16.7 Å². The van der Waals surface area contributed by atoms with E-state index in [1.807, 2.05) is 48.5 Å². The van der Waals surface area contributed by atoms with Crippen LogP contribution in [-0.2, 0) is 0 Å². The number of furan rings is 1. The molecule has 0 amide bonds. The summed E-state index contributed by atoms with van der Waals surface area (Å²) in [5.74, 6) is 1.81. The van der Waals surface area contributed by atoms with Crippen LogP contribution in [0, 0.1) is 0 Å².